The van der Waals surface area contributed by atoms with Crippen LogP contribution in [0.2, 0.25) is 0 Å². The maximum Gasteiger partial charge on any atom is 0.295 e. The Bertz CT molecular complexity index is 1010. The van der Waals surface area contributed by atoms with Gasteiger partial charge in [-0.15, -0.1) is 0 Å². The predicted octanol–water partition coefficient (Wildman–Crippen LogP) is 5.39. The summed E-state index contributed by atoms with van der Waals surface area (Å²) in [6.07, 6.45) is 2.01. The van der Waals surface area contributed by atoms with Crippen LogP contribution in [0.5, 0.6) is 5.75 Å². The highest BCUT2D eigenvalue weighted by Crippen LogP contribution is 2.39. The number of hydrogen-bond donors (Lipinski definition) is 1. The van der Waals surface area contributed by atoms with E-state index >= 15 is 0 Å². The van der Waals surface area contributed by atoms with E-state index in [1.165, 1.54) is 0 Å². The number of likely N-dealkylation sites (N-methyl/N-ethyl adjacent to an activating group) is 1. The third-order valence-corrected chi connectivity index (χ3v) is 6.70. The first-order chi connectivity index (χ1) is 16.4. The molecule has 1 N–H and O–H groups in total. The van der Waals surface area contributed by atoms with Crippen LogP contribution < -0.4 is 4.74 Å². The number of hydrogen-bond acceptors (Lipinski definition) is 5. The van der Waals surface area contributed by atoms with E-state index in [1.807, 2.05) is 24.3 Å². The number of unbranched alkanes of at least 4 members (excludes halogenated alkanes) is 1. The maximum absolute atomic E-state index is 13.1. The lowest BCUT2D eigenvalue weighted by Gasteiger charge is -2.28. The number of rotatable bonds is 11. The molecule has 1 aliphatic heterocycles. The number of carbonyl (C=O) groups excluding carboxylic acids is 2. The van der Waals surface area contributed by atoms with Crippen LogP contribution in [0.25, 0.3) is 5.76 Å². The maximum atomic E-state index is 13.1. The molecule has 0 aliphatic carbocycles. The summed E-state index contributed by atoms with van der Waals surface area (Å²) in [5.41, 5.74) is 1.38. The van der Waals surface area contributed by atoms with Gasteiger partial charge >= 0.3 is 0 Å². The smallest absolute Gasteiger partial charge is 0.295 e. The molecule has 1 unspecified atom stereocenters. The van der Waals surface area contributed by atoms with Crippen LogP contribution in [-0.2, 0) is 9.59 Å². The summed E-state index contributed by atoms with van der Waals surface area (Å²) in [4.78, 5) is 30.0. The number of aliphatic hydroxyl groups excluding tert-OH is 1. The Kier molecular flexibility index (Phi) is 9.30. The molecule has 7 heteroatoms. The number of carbonyl (C=O) groups is 2. The third-order valence-electron chi connectivity index (χ3n) is 6.17. The Labute approximate surface area is 210 Å². The van der Waals surface area contributed by atoms with Crippen molar-refractivity contribution in [3.8, 4) is 5.75 Å². The van der Waals surface area contributed by atoms with Gasteiger partial charge in [0.2, 0.25) is 0 Å². The number of nitrogens with zero attached hydrogens (tertiary/aromatic N) is 2. The van der Waals surface area contributed by atoms with E-state index in [9.17, 15) is 14.7 Å². The van der Waals surface area contributed by atoms with Gasteiger partial charge in [0.25, 0.3) is 11.7 Å². The summed E-state index contributed by atoms with van der Waals surface area (Å²) < 4.78 is 6.60. The van der Waals surface area contributed by atoms with Crippen LogP contribution in [0.3, 0.4) is 0 Å². The van der Waals surface area contributed by atoms with E-state index in [1.54, 1.807) is 29.2 Å². The first-order valence-corrected chi connectivity index (χ1v) is 12.7. The van der Waals surface area contributed by atoms with Gasteiger partial charge in [-0.25, -0.2) is 0 Å². The van der Waals surface area contributed by atoms with Crippen molar-refractivity contribution in [3.05, 3.63) is 69.7 Å². The molecule has 182 valence electrons. The van der Waals surface area contributed by atoms with Crippen molar-refractivity contribution in [1.29, 1.82) is 0 Å². The van der Waals surface area contributed by atoms with Crippen LogP contribution in [0.4, 0.5) is 0 Å². The third kappa shape index (κ3) is 5.88. The number of likely N-dealkylation sites (tertiary alicyclic amines) is 1. The van der Waals surface area contributed by atoms with Crippen LogP contribution in [0.1, 0.15) is 50.8 Å². The van der Waals surface area contributed by atoms with Gasteiger partial charge < -0.3 is 19.6 Å². The van der Waals surface area contributed by atoms with E-state index in [0.717, 1.165) is 36.0 Å². The van der Waals surface area contributed by atoms with Gasteiger partial charge in [0.05, 0.1) is 18.2 Å². The van der Waals surface area contributed by atoms with Gasteiger partial charge in [0, 0.05) is 23.1 Å². The lowest BCUT2D eigenvalue weighted by Crippen LogP contribution is -2.38. The molecule has 1 saturated heterocycles. The zero-order valence-electron chi connectivity index (χ0n) is 20.1. The number of halogens is 1. The molecule has 1 atom stereocenters. The Morgan fingerprint density at radius 2 is 1.68 bits per heavy atom. The van der Waals surface area contributed by atoms with E-state index in [0.29, 0.717) is 31.0 Å². The summed E-state index contributed by atoms with van der Waals surface area (Å²) in [6, 6.07) is 13.9. The van der Waals surface area contributed by atoms with Gasteiger partial charge in [-0.3, -0.25) is 9.59 Å². The van der Waals surface area contributed by atoms with Crippen molar-refractivity contribution in [2.24, 2.45) is 0 Å². The lowest BCUT2D eigenvalue weighted by molar-refractivity contribution is -0.140. The highest BCUT2D eigenvalue weighted by Gasteiger charge is 2.45. The molecule has 0 aromatic heterocycles. The van der Waals surface area contributed by atoms with Gasteiger partial charge in [0.15, 0.2) is 0 Å². The van der Waals surface area contributed by atoms with E-state index in [4.69, 9.17) is 4.74 Å². The normalized spacial score (nSPS) is 17.6. The fourth-order valence-corrected chi connectivity index (χ4v) is 4.35. The summed E-state index contributed by atoms with van der Waals surface area (Å²) >= 11 is 3.44. The molecule has 0 spiro atoms. The van der Waals surface area contributed by atoms with Crippen molar-refractivity contribution in [2.75, 3.05) is 32.8 Å². The molecule has 2 aromatic carbocycles. The zero-order valence-corrected chi connectivity index (χ0v) is 21.7. The van der Waals surface area contributed by atoms with Crippen LogP contribution in [0, 0.1) is 0 Å². The molecule has 0 bridgehead atoms. The molecule has 1 heterocycles. The molecule has 34 heavy (non-hydrogen) atoms. The number of ketones is 1. The molecule has 3 rings (SSSR count). The second-order valence-electron chi connectivity index (χ2n) is 8.30. The number of aliphatic hydroxyl groups is 1. The van der Waals surface area contributed by atoms with Crippen LogP contribution in [0.15, 0.2) is 58.6 Å². The molecular weight excluding hydrogens is 496 g/mol. The van der Waals surface area contributed by atoms with Crippen molar-refractivity contribution in [3.63, 3.8) is 0 Å². The molecule has 1 fully saturated rings. The Morgan fingerprint density at radius 3 is 2.26 bits per heavy atom. The first kappa shape index (κ1) is 26.0. The van der Waals surface area contributed by atoms with Gasteiger partial charge in [-0.2, -0.15) is 0 Å². The summed E-state index contributed by atoms with van der Waals surface area (Å²) in [5, 5.41) is 11.2. The van der Waals surface area contributed by atoms with Crippen molar-refractivity contribution >= 4 is 33.4 Å². The van der Waals surface area contributed by atoms with Gasteiger partial charge in [0.1, 0.15) is 11.5 Å². The molecule has 0 radical (unpaired) electrons. The SMILES string of the molecule is CCCCOc1ccc(/C(O)=C2\C(=O)C(=O)N(CCN(CC)CC)C2c2ccc(Br)cc2)cc1. The minimum Gasteiger partial charge on any atom is -0.507 e. The Morgan fingerprint density at radius 1 is 1.03 bits per heavy atom. The Hall–Kier alpha value is -2.64. The number of amides is 1. The summed E-state index contributed by atoms with van der Waals surface area (Å²) in [7, 11) is 0. The fourth-order valence-electron chi connectivity index (χ4n) is 4.09. The standard InChI is InChI=1S/C27H33BrN2O4/c1-4-7-18-34-22-14-10-20(11-15-22)25(31)23-24(19-8-12-21(28)13-9-19)30(27(33)26(23)32)17-16-29(5-2)6-3/h8-15,24,31H,4-7,16-18H2,1-3H3/b25-23+. The summed E-state index contributed by atoms with van der Waals surface area (Å²) in [5.74, 6) is -0.708. The molecule has 0 saturated carbocycles. The quantitative estimate of drug-likeness (QED) is 0.183. The average Bonchev–Trinajstić information content (AvgIpc) is 3.10. The van der Waals surface area contributed by atoms with Crippen molar-refractivity contribution < 1.29 is 19.4 Å². The first-order valence-electron chi connectivity index (χ1n) is 11.9. The van der Waals surface area contributed by atoms with Gasteiger partial charge in [-0.1, -0.05) is 55.3 Å². The van der Waals surface area contributed by atoms with Crippen LogP contribution in [-0.4, -0.2) is 59.4 Å². The van der Waals surface area contributed by atoms with E-state index < -0.39 is 17.7 Å². The minimum absolute atomic E-state index is 0.117. The van der Waals surface area contributed by atoms with Crippen molar-refractivity contribution in [1.82, 2.24) is 9.80 Å². The van der Waals surface area contributed by atoms with Crippen LogP contribution >= 0.6 is 15.9 Å². The number of benzene rings is 2. The minimum atomic E-state index is -0.659. The second-order valence-corrected chi connectivity index (χ2v) is 9.21. The zero-order chi connectivity index (χ0) is 24.7. The van der Waals surface area contributed by atoms with Gasteiger partial charge in [-0.05, 0) is 61.5 Å². The molecular formula is C27H33BrN2O4. The lowest BCUT2D eigenvalue weighted by atomic mass is 9.95. The Balaban J connectivity index is 1.98. The topological polar surface area (TPSA) is 70.1 Å². The molecule has 1 aliphatic rings. The highest BCUT2D eigenvalue weighted by molar-refractivity contribution is 9.10. The monoisotopic (exact) mass is 528 g/mol. The number of Topliss-reactive ketones (excluding diaryl/α,β-unsaturated/α-hetero) is 1. The largest absolute Gasteiger partial charge is 0.507 e. The molecule has 6 nitrogen and oxygen atoms in total. The predicted molar refractivity (Wildman–Crippen MR) is 138 cm³/mol. The fraction of sp³-hybridized carbons (Fsp3) is 0.407. The highest BCUT2D eigenvalue weighted by atomic mass is 79.9. The number of ether oxygens (including phenoxy) is 1. The van der Waals surface area contributed by atoms with E-state index in [2.05, 4.69) is 41.6 Å². The summed E-state index contributed by atoms with van der Waals surface area (Å²) in [6.45, 7) is 9.63. The molecule has 2 aromatic rings. The second kappa shape index (κ2) is 12.2. The average molecular weight is 529 g/mol. The van der Waals surface area contributed by atoms with E-state index in [-0.39, 0.29) is 11.3 Å². The van der Waals surface area contributed by atoms with Crippen molar-refractivity contribution in [2.45, 2.75) is 39.7 Å². The molecule has 1 amide bonds.